The molecule has 28 heavy (non-hydrogen) atoms. The number of carboxylic acids is 1. The number of fused-ring (bicyclic) bond motifs is 1. The molecule has 2 heterocycles. The summed E-state index contributed by atoms with van der Waals surface area (Å²) in [6, 6.07) is 14.7. The fraction of sp³-hybridized carbons (Fsp3) is 0.100. The Morgan fingerprint density at radius 3 is 2.68 bits per heavy atom. The number of methoxy groups -OCH3 is 1. The second-order valence-electron chi connectivity index (χ2n) is 6.16. The van der Waals surface area contributed by atoms with Crippen LogP contribution in [0.2, 0.25) is 5.02 Å². The molecule has 1 N–H and O–H groups in total. The Bertz CT molecular complexity index is 1170. The van der Waals surface area contributed by atoms with E-state index in [1.54, 1.807) is 30.1 Å². The molecule has 0 atom stereocenters. The summed E-state index contributed by atoms with van der Waals surface area (Å²) in [5.41, 5.74) is 2.55. The van der Waals surface area contributed by atoms with Crippen molar-refractivity contribution < 1.29 is 14.6 Å². The zero-order valence-electron chi connectivity index (χ0n) is 14.8. The van der Waals surface area contributed by atoms with Gasteiger partial charge in [-0.1, -0.05) is 35.0 Å². The van der Waals surface area contributed by atoms with E-state index in [-0.39, 0.29) is 5.69 Å². The molecule has 0 fully saturated rings. The van der Waals surface area contributed by atoms with Gasteiger partial charge in [-0.25, -0.2) is 9.48 Å². The number of aromatic nitrogens is 4. The molecule has 4 rings (SSSR count). The number of hydrogen-bond acceptors (Lipinski definition) is 5. The molecule has 8 heteroatoms. The molecule has 0 aliphatic carbocycles. The number of nitrogens with zero attached hydrogens (tertiary/aromatic N) is 4. The van der Waals surface area contributed by atoms with Gasteiger partial charge >= 0.3 is 5.97 Å². The number of rotatable bonds is 5. The van der Waals surface area contributed by atoms with E-state index >= 15 is 0 Å². The van der Waals surface area contributed by atoms with Gasteiger partial charge in [0, 0.05) is 22.2 Å². The number of hydrogen-bond donors (Lipinski definition) is 1. The molecule has 0 saturated heterocycles. The van der Waals surface area contributed by atoms with Gasteiger partial charge in [0.2, 0.25) is 0 Å². The van der Waals surface area contributed by atoms with Crippen LogP contribution in [0.25, 0.3) is 22.2 Å². The highest BCUT2D eigenvalue weighted by Gasteiger charge is 2.21. The van der Waals surface area contributed by atoms with Crippen molar-refractivity contribution in [1.82, 2.24) is 20.0 Å². The highest BCUT2D eigenvalue weighted by molar-refractivity contribution is 6.31. The molecule has 0 saturated carbocycles. The average molecular weight is 395 g/mol. The Labute approximate surface area is 165 Å². The Morgan fingerprint density at radius 2 is 1.96 bits per heavy atom. The van der Waals surface area contributed by atoms with Gasteiger partial charge < -0.3 is 9.84 Å². The third-order valence-corrected chi connectivity index (χ3v) is 4.58. The SMILES string of the molecule is COc1ccc(Cn2nnc(C(=O)O)c2-c2cnc3cc(Cl)ccc3c2)cc1. The highest BCUT2D eigenvalue weighted by atomic mass is 35.5. The number of pyridine rings is 1. The fourth-order valence-electron chi connectivity index (χ4n) is 2.98. The normalized spacial score (nSPS) is 10.9. The Hall–Kier alpha value is -3.45. The lowest BCUT2D eigenvalue weighted by molar-refractivity contribution is 0.0691. The summed E-state index contributed by atoms with van der Waals surface area (Å²) < 4.78 is 6.73. The first-order valence-corrected chi connectivity index (χ1v) is 8.78. The quantitative estimate of drug-likeness (QED) is 0.552. The molecule has 7 nitrogen and oxygen atoms in total. The monoisotopic (exact) mass is 394 g/mol. The van der Waals surface area contributed by atoms with Crippen LogP contribution >= 0.6 is 11.6 Å². The van der Waals surface area contributed by atoms with Gasteiger partial charge in [-0.3, -0.25) is 4.98 Å². The van der Waals surface area contributed by atoms with Crippen molar-refractivity contribution in [3.63, 3.8) is 0 Å². The Balaban J connectivity index is 1.79. The zero-order chi connectivity index (χ0) is 19.7. The standard InChI is InChI=1S/C20H15ClN4O3/c1-28-16-6-2-12(3-7-16)11-25-19(18(20(26)27)23-24-25)14-8-13-4-5-15(21)9-17(13)22-10-14/h2-10H,11H2,1H3,(H,26,27). The number of ether oxygens (including phenoxy) is 1. The van der Waals surface area contributed by atoms with E-state index in [0.717, 1.165) is 22.2 Å². The molecule has 0 aliphatic rings. The number of carbonyl (C=O) groups is 1. The fourth-order valence-corrected chi connectivity index (χ4v) is 3.15. The molecule has 0 spiro atoms. The van der Waals surface area contributed by atoms with Gasteiger partial charge in [0.15, 0.2) is 5.69 Å². The second-order valence-corrected chi connectivity index (χ2v) is 6.59. The first kappa shape index (κ1) is 17.9. The van der Waals surface area contributed by atoms with Crippen LogP contribution in [0.4, 0.5) is 0 Å². The minimum atomic E-state index is -1.15. The van der Waals surface area contributed by atoms with E-state index in [2.05, 4.69) is 15.3 Å². The molecule has 0 bridgehead atoms. The number of benzene rings is 2. The third kappa shape index (κ3) is 3.39. The lowest BCUT2D eigenvalue weighted by atomic mass is 10.1. The predicted molar refractivity (Wildman–Crippen MR) is 105 cm³/mol. The van der Waals surface area contributed by atoms with Gasteiger partial charge in [-0.05, 0) is 35.9 Å². The summed E-state index contributed by atoms with van der Waals surface area (Å²) in [5, 5.41) is 18.9. The van der Waals surface area contributed by atoms with Gasteiger partial charge in [-0.2, -0.15) is 0 Å². The number of carboxylic acid groups (broad SMARTS) is 1. The summed E-state index contributed by atoms with van der Waals surface area (Å²) in [7, 11) is 1.60. The van der Waals surface area contributed by atoms with Crippen molar-refractivity contribution in [3.8, 4) is 17.0 Å². The molecule has 140 valence electrons. The summed E-state index contributed by atoms with van der Waals surface area (Å²) in [5.74, 6) is -0.404. The van der Waals surface area contributed by atoms with Gasteiger partial charge in [0.05, 0.1) is 19.2 Å². The van der Waals surface area contributed by atoms with Crippen LogP contribution in [-0.4, -0.2) is 38.2 Å². The smallest absolute Gasteiger partial charge is 0.358 e. The Morgan fingerprint density at radius 1 is 1.18 bits per heavy atom. The van der Waals surface area contributed by atoms with Crippen LogP contribution in [0.5, 0.6) is 5.75 Å². The van der Waals surface area contributed by atoms with Gasteiger partial charge in [0.1, 0.15) is 11.4 Å². The summed E-state index contributed by atoms with van der Waals surface area (Å²) in [4.78, 5) is 16.1. The van der Waals surface area contributed by atoms with E-state index < -0.39 is 5.97 Å². The highest BCUT2D eigenvalue weighted by Crippen LogP contribution is 2.27. The van der Waals surface area contributed by atoms with Crippen molar-refractivity contribution in [2.24, 2.45) is 0 Å². The lowest BCUT2D eigenvalue weighted by Crippen LogP contribution is -2.06. The predicted octanol–water partition coefficient (Wildman–Crippen LogP) is 3.90. The van der Waals surface area contributed by atoms with Gasteiger partial charge in [-0.15, -0.1) is 5.10 Å². The second kappa shape index (κ2) is 7.28. The topological polar surface area (TPSA) is 90.1 Å². The van der Waals surface area contributed by atoms with Crippen molar-refractivity contribution in [2.75, 3.05) is 7.11 Å². The van der Waals surface area contributed by atoms with E-state index in [1.807, 2.05) is 36.4 Å². The number of aromatic carboxylic acids is 1. The van der Waals surface area contributed by atoms with Crippen molar-refractivity contribution >= 4 is 28.5 Å². The van der Waals surface area contributed by atoms with Crippen LogP contribution in [-0.2, 0) is 6.54 Å². The maximum absolute atomic E-state index is 11.7. The minimum Gasteiger partial charge on any atom is -0.497 e. The van der Waals surface area contributed by atoms with Crippen LogP contribution in [0, 0.1) is 0 Å². The molecule has 4 aromatic rings. The van der Waals surface area contributed by atoms with E-state index in [1.165, 1.54) is 0 Å². The van der Waals surface area contributed by atoms with Crippen LogP contribution < -0.4 is 4.74 Å². The largest absolute Gasteiger partial charge is 0.497 e. The van der Waals surface area contributed by atoms with E-state index in [9.17, 15) is 9.90 Å². The van der Waals surface area contributed by atoms with Crippen LogP contribution in [0.15, 0.2) is 54.7 Å². The van der Waals surface area contributed by atoms with Crippen LogP contribution in [0.1, 0.15) is 16.1 Å². The molecule has 0 amide bonds. The first-order chi connectivity index (χ1) is 13.5. The molecule has 2 aromatic heterocycles. The Kier molecular flexibility index (Phi) is 4.67. The molecular formula is C20H15ClN4O3. The minimum absolute atomic E-state index is 0.122. The lowest BCUT2D eigenvalue weighted by Gasteiger charge is -2.09. The molecule has 2 aromatic carbocycles. The maximum atomic E-state index is 11.7. The number of halogens is 1. The molecular weight excluding hydrogens is 380 g/mol. The summed E-state index contributed by atoms with van der Waals surface area (Å²) >= 11 is 6.01. The zero-order valence-corrected chi connectivity index (χ0v) is 15.6. The van der Waals surface area contributed by atoms with E-state index in [0.29, 0.717) is 22.8 Å². The van der Waals surface area contributed by atoms with Crippen molar-refractivity contribution in [3.05, 3.63) is 71.0 Å². The molecule has 0 radical (unpaired) electrons. The van der Waals surface area contributed by atoms with Gasteiger partial charge in [0.25, 0.3) is 0 Å². The van der Waals surface area contributed by atoms with Crippen molar-refractivity contribution in [1.29, 1.82) is 0 Å². The first-order valence-electron chi connectivity index (χ1n) is 8.40. The maximum Gasteiger partial charge on any atom is 0.358 e. The average Bonchev–Trinajstić information content (AvgIpc) is 3.12. The molecule has 0 unspecified atom stereocenters. The third-order valence-electron chi connectivity index (χ3n) is 4.35. The van der Waals surface area contributed by atoms with Crippen molar-refractivity contribution in [2.45, 2.75) is 6.54 Å². The summed E-state index contributed by atoms with van der Waals surface area (Å²) in [6.45, 7) is 0.359. The molecule has 0 aliphatic heterocycles. The van der Waals surface area contributed by atoms with Crippen LogP contribution in [0.3, 0.4) is 0 Å². The summed E-state index contributed by atoms with van der Waals surface area (Å²) in [6.07, 6.45) is 1.61. The van der Waals surface area contributed by atoms with E-state index in [4.69, 9.17) is 16.3 Å².